The maximum Gasteiger partial charge on any atom is 0.295 e. The van der Waals surface area contributed by atoms with E-state index in [1.54, 1.807) is 24.3 Å². The van der Waals surface area contributed by atoms with E-state index in [2.05, 4.69) is 5.32 Å². The van der Waals surface area contributed by atoms with Gasteiger partial charge in [-0.25, -0.2) is 4.39 Å². The number of aromatic nitrogens is 1. The van der Waals surface area contributed by atoms with Crippen LogP contribution in [0.5, 0.6) is 0 Å². The molecule has 0 aliphatic rings. The lowest BCUT2D eigenvalue weighted by Crippen LogP contribution is -2.32. The van der Waals surface area contributed by atoms with Crippen molar-refractivity contribution in [1.29, 1.82) is 0 Å². The number of carbonyl (C=O) groups excluding carboxylic acids is 2. The van der Waals surface area contributed by atoms with E-state index in [0.717, 1.165) is 4.73 Å². The molecule has 1 heterocycles. The van der Waals surface area contributed by atoms with Crippen LogP contribution < -0.4 is 15.7 Å². The Balaban J connectivity index is 1.58. The van der Waals surface area contributed by atoms with Crippen molar-refractivity contribution < 1.29 is 18.8 Å². The molecule has 176 valence electrons. The summed E-state index contributed by atoms with van der Waals surface area (Å²) in [6, 6.07) is 19.3. The smallest absolute Gasteiger partial charge is 0.295 e. The van der Waals surface area contributed by atoms with E-state index in [0.29, 0.717) is 5.56 Å². The molecule has 0 fully saturated rings. The summed E-state index contributed by atoms with van der Waals surface area (Å²) < 4.78 is 14.0. The lowest BCUT2D eigenvalue weighted by molar-refractivity contribution is 0.0863. The number of benzene rings is 3. The molecule has 1 N–H and O–H groups in total. The Kier molecular flexibility index (Phi) is 7.29. The number of hydrogen-bond donors (Lipinski definition) is 1. The largest absolute Gasteiger partial charge is 0.406 e. The second-order valence-electron chi connectivity index (χ2n) is 7.41. The Hall–Kier alpha value is -3.94. The zero-order valence-corrected chi connectivity index (χ0v) is 19.5. The minimum atomic E-state index is -0.745. The SMILES string of the molecule is O=C(c1ccccc1Cl)c1cc(Cl)ccc1NC(=O)c1cccn(OCc2ccc(F)cc2)c1=O. The molecule has 0 radical (unpaired) electrons. The van der Waals surface area contributed by atoms with E-state index in [1.807, 2.05) is 0 Å². The van der Waals surface area contributed by atoms with Crippen LogP contribution in [0.15, 0.2) is 89.9 Å². The van der Waals surface area contributed by atoms with Crippen molar-refractivity contribution in [3.05, 3.63) is 134 Å². The molecule has 0 saturated heterocycles. The van der Waals surface area contributed by atoms with Crippen LogP contribution in [0.1, 0.15) is 31.8 Å². The van der Waals surface area contributed by atoms with Gasteiger partial charge < -0.3 is 10.2 Å². The van der Waals surface area contributed by atoms with Crippen LogP contribution in [0, 0.1) is 5.82 Å². The lowest BCUT2D eigenvalue weighted by atomic mass is 10.0. The van der Waals surface area contributed by atoms with Gasteiger partial charge in [-0.15, -0.1) is 0 Å². The molecule has 0 aliphatic heterocycles. The summed E-state index contributed by atoms with van der Waals surface area (Å²) in [5, 5.41) is 3.14. The van der Waals surface area contributed by atoms with Crippen molar-refractivity contribution in [3.8, 4) is 0 Å². The second kappa shape index (κ2) is 10.5. The van der Waals surface area contributed by atoms with E-state index in [-0.39, 0.29) is 44.8 Å². The highest BCUT2D eigenvalue weighted by Crippen LogP contribution is 2.27. The summed E-state index contributed by atoms with van der Waals surface area (Å²) >= 11 is 12.3. The molecule has 0 unspecified atom stereocenters. The minimum Gasteiger partial charge on any atom is -0.406 e. The number of amides is 1. The van der Waals surface area contributed by atoms with Crippen molar-refractivity contribution in [1.82, 2.24) is 4.73 Å². The average molecular weight is 511 g/mol. The molecule has 1 aromatic heterocycles. The fourth-order valence-electron chi connectivity index (χ4n) is 3.27. The highest BCUT2D eigenvalue weighted by Gasteiger charge is 2.20. The Morgan fingerprint density at radius 2 is 1.60 bits per heavy atom. The molecule has 0 bridgehead atoms. The van der Waals surface area contributed by atoms with E-state index in [9.17, 15) is 18.8 Å². The Morgan fingerprint density at radius 3 is 2.34 bits per heavy atom. The Bertz CT molecular complexity index is 1470. The number of halogens is 3. The summed E-state index contributed by atoms with van der Waals surface area (Å²) in [4.78, 5) is 44.4. The summed E-state index contributed by atoms with van der Waals surface area (Å²) in [5.41, 5.74) is 0.229. The minimum absolute atomic E-state index is 0.0150. The molecule has 1 amide bonds. The van der Waals surface area contributed by atoms with Crippen LogP contribution >= 0.6 is 23.2 Å². The van der Waals surface area contributed by atoms with Crippen LogP contribution in [0.3, 0.4) is 0 Å². The fraction of sp³-hybridized carbons (Fsp3) is 0.0385. The molecule has 4 aromatic rings. The first-order valence-electron chi connectivity index (χ1n) is 10.3. The van der Waals surface area contributed by atoms with Gasteiger partial charge in [-0.05, 0) is 60.2 Å². The van der Waals surface area contributed by atoms with Gasteiger partial charge in [0.25, 0.3) is 11.5 Å². The predicted octanol–water partition coefficient (Wildman–Crippen LogP) is 5.41. The number of nitrogens with one attached hydrogen (secondary N) is 1. The monoisotopic (exact) mass is 510 g/mol. The van der Waals surface area contributed by atoms with Crippen molar-refractivity contribution in [2.24, 2.45) is 0 Å². The zero-order chi connectivity index (χ0) is 24.9. The van der Waals surface area contributed by atoms with Gasteiger partial charge in [-0.3, -0.25) is 14.4 Å². The number of pyridine rings is 1. The fourth-order valence-corrected chi connectivity index (χ4v) is 3.66. The molecule has 0 aliphatic carbocycles. The topological polar surface area (TPSA) is 77.4 Å². The molecule has 35 heavy (non-hydrogen) atoms. The molecule has 6 nitrogen and oxygen atoms in total. The molecule has 4 rings (SSSR count). The molecule has 0 spiro atoms. The van der Waals surface area contributed by atoms with E-state index >= 15 is 0 Å². The maximum absolute atomic E-state index is 13.1. The van der Waals surface area contributed by atoms with Crippen molar-refractivity contribution >= 4 is 40.6 Å². The van der Waals surface area contributed by atoms with Gasteiger partial charge in [0, 0.05) is 22.3 Å². The molecule has 0 atom stereocenters. The summed E-state index contributed by atoms with van der Waals surface area (Å²) in [7, 11) is 0. The number of nitrogens with zero attached hydrogens (tertiary/aromatic N) is 1. The van der Waals surface area contributed by atoms with Gasteiger partial charge in [-0.2, -0.15) is 4.73 Å². The van der Waals surface area contributed by atoms with E-state index in [4.69, 9.17) is 28.0 Å². The Morgan fingerprint density at radius 1 is 0.886 bits per heavy atom. The first kappa shape index (κ1) is 24.2. The van der Waals surface area contributed by atoms with Crippen molar-refractivity contribution in [2.75, 3.05) is 5.32 Å². The third kappa shape index (κ3) is 5.59. The van der Waals surface area contributed by atoms with Crippen LogP contribution in [0.2, 0.25) is 10.0 Å². The van der Waals surface area contributed by atoms with Crippen LogP contribution in [0.4, 0.5) is 10.1 Å². The molecule has 9 heteroatoms. The van der Waals surface area contributed by atoms with Crippen molar-refractivity contribution in [2.45, 2.75) is 6.61 Å². The molecular weight excluding hydrogens is 494 g/mol. The standard InChI is InChI=1S/C26H17Cl2FN2O4/c27-17-9-12-23(21(14-17)24(32)19-4-1-2-6-22(19)28)30-25(33)20-5-3-13-31(26(20)34)35-15-16-7-10-18(29)11-8-16/h1-14H,15H2,(H,30,33). The van der Waals surface area contributed by atoms with Gasteiger partial charge in [0.1, 0.15) is 18.0 Å². The maximum atomic E-state index is 13.1. The first-order valence-corrected chi connectivity index (χ1v) is 11.1. The number of rotatable bonds is 7. The van der Waals surface area contributed by atoms with Gasteiger partial charge in [0.05, 0.1) is 10.7 Å². The van der Waals surface area contributed by atoms with E-state index < -0.39 is 17.2 Å². The van der Waals surface area contributed by atoms with Crippen LogP contribution in [0.25, 0.3) is 0 Å². The number of carbonyl (C=O) groups is 2. The van der Waals surface area contributed by atoms with Gasteiger partial charge in [0.2, 0.25) is 0 Å². The van der Waals surface area contributed by atoms with Crippen LogP contribution in [-0.4, -0.2) is 16.4 Å². The molecule has 0 saturated carbocycles. The summed E-state index contributed by atoms with van der Waals surface area (Å²) in [6.07, 6.45) is 1.36. The second-order valence-corrected chi connectivity index (χ2v) is 8.25. The normalized spacial score (nSPS) is 10.6. The third-order valence-corrected chi connectivity index (χ3v) is 5.60. The first-order chi connectivity index (χ1) is 16.8. The summed E-state index contributed by atoms with van der Waals surface area (Å²) in [6.45, 7) is -0.0150. The highest BCUT2D eigenvalue weighted by atomic mass is 35.5. The zero-order valence-electron chi connectivity index (χ0n) is 18.0. The molecule has 3 aromatic carbocycles. The molecular formula is C26H17Cl2FN2O4. The number of ketones is 1. The van der Waals surface area contributed by atoms with Crippen molar-refractivity contribution in [3.63, 3.8) is 0 Å². The Labute approximate surface area is 209 Å². The number of anilines is 1. The van der Waals surface area contributed by atoms with Gasteiger partial charge in [0.15, 0.2) is 5.78 Å². The quantitative estimate of drug-likeness (QED) is 0.337. The lowest BCUT2D eigenvalue weighted by Gasteiger charge is -2.13. The van der Waals surface area contributed by atoms with E-state index in [1.165, 1.54) is 60.8 Å². The van der Waals surface area contributed by atoms with Gasteiger partial charge in [-0.1, -0.05) is 47.5 Å². The third-order valence-electron chi connectivity index (χ3n) is 5.04. The average Bonchev–Trinajstić information content (AvgIpc) is 2.85. The number of hydrogen-bond acceptors (Lipinski definition) is 4. The highest BCUT2D eigenvalue weighted by molar-refractivity contribution is 6.36. The predicted molar refractivity (Wildman–Crippen MR) is 132 cm³/mol. The van der Waals surface area contributed by atoms with Gasteiger partial charge >= 0.3 is 0 Å². The summed E-state index contributed by atoms with van der Waals surface area (Å²) in [5.74, 6) is -1.58. The van der Waals surface area contributed by atoms with Crippen LogP contribution in [-0.2, 0) is 6.61 Å².